The Morgan fingerprint density at radius 2 is 1.75 bits per heavy atom. The summed E-state index contributed by atoms with van der Waals surface area (Å²) in [4.78, 5) is 0. The van der Waals surface area contributed by atoms with Gasteiger partial charge in [0.2, 0.25) is 0 Å². The van der Waals surface area contributed by atoms with Crippen molar-refractivity contribution in [3.8, 4) is 0 Å². The first-order valence-electron chi connectivity index (χ1n) is 4.47. The van der Waals surface area contributed by atoms with E-state index < -0.39 is 0 Å². The maximum atomic E-state index is 2.34. The van der Waals surface area contributed by atoms with E-state index in [-0.39, 0.29) is 0 Å². The first-order valence-corrected chi connectivity index (χ1v) is 5.97. The molecule has 0 N–H and O–H groups in total. The normalized spacial score (nSPS) is 11.3. The van der Waals surface area contributed by atoms with E-state index in [1.54, 1.807) is 5.30 Å². The SMILES string of the molecule is CCc1cc(C)c(C)cc1PC. The number of rotatable bonds is 2. The Hall–Kier alpha value is -0.350. The molecule has 0 saturated carbocycles. The molecule has 0 heterocycles. The van der Waals surface area contributed by atoms with Crippen LogP contribution in [0.5, 0.6) is 0 Å². The van der Waals surface area contributed by atoms with E-state index in [9.17, 15) is 0 Å². The van der Waals surface area contributed by atoms with Crippen LogP contribution in [0.1, 0.15) is 23.6 Å². The second-order valence-corrected chi connectivity index (χ2v) is 4.24. The Labute approximate surface area is 77.2 Å². The molecule has 0 saturated heterocycles. The third kappa shape index (κ3) is 1.87. The number of aryl methyl sites for hydroxylation is 3. The average molecular weight is 180 g/mol. The lowest BCUT2D eigenvalue weighted by Gasteiger charge is -2.09. The zero-order valence-corrected chi connectivity index (χ0v) is 9.36. The summed E-state index contributed by atoms with van der Waals surface area (Å²) >= 11 is 0. The van der Waals surface area contributed by atoms with Gasteiger partial charge >= 0.3 is 0 Å². The molecule has 0 aliphatic heterocycles. The Bertz CT molecular complexity index is 248. The predicted octanol–water partition coefficient (Wildman–Crippen LogP) is 2.80. The monoisotopic (exact) mass is 180 g/mol. The van der Waals surface area contributed by atoms with Crippen LogP contribution in [0.25, 0.3) is 0 Å². The lowest BCUT2D eigenvalue weighted by molar-refractivity contribution is 1.14. The first-order chi connectivity index (χ1) is 5.69. The molecule has 0 amide bonds. The lowest BCUT2D eigenvalue weighted by atomic mass is 10.0. The highest BCUT2D eigenvalue weighted by Gasteiger charge is 2.01. The van der Waals surface area contributed by atoms with E-state index in [1.807, 2.05) is 0 Å². The van der Waals surface area contributed by atoms with Crippen LogP contribution < -0.4 is 5.30 Å². The zero-order chi connectivity index (χ0) is 9.14. The maximum absolute atomic E-state index is 2.34. The van der Waals surface area contributed by atoms with Crippen molar-refractivity contribution >= 4 is 13.9 Å². The molecule has 12 heavy (non-hydrogen) atoms. The average Bonchev–Trinajstić information content (AvgIpc) is 2.09. The van der Waals surface area contributed by atoms with Gasteiger partial charge in [0.1, 0.15) is 0 Å². The van der Waals surface area contributed by atoms with Gasteiger partial charge in [-0.15, -0.1) is 0 Å². The summed E-state index contributed by atoms with van der Waals surface area (Å²) in [6, 6.07) is 4.67. The van der Waals surface area contributed by atoms with Crippen LogP contribution in [-0.2, 0) is 6.42 Å². The minimum atomic E-state index is 0.928. The van der Waals surface area contributed by atoms with Gasteiger partial charge in [-0.05, 0) is 48.9 Å². The van der Waals surface area contributed by atoms with Crippen molar-refractivity contribution in [2.24, 2.45) is 0 Å². The largest absolute Gasteiger partial charge is 0.0933 e. The zero-order valence-electron chi connectivity index (χ0n) is 8.36. The molecule has 0 spiro atoms. The third-order valence-corrected chi connectivity index (χ3v) is 3.37. The highest BCUT2D eigenvalue weighted by molar-refractivity contribution is 7.46. The summed E-state index contributed by atoms with van der Waals surface area (Å²) in [5, 5.41) is 1.54. The smallest absolute Gasteiger partial charge is 0.0240 e. The van der Waals surface area contributed by atoms with Gasteiger partial charge in [-0.2, -0.15) is 0 Å². The topological polar surface area (TPSA) is 0 Å². The molecule has 1 unspecified atom stereocenters. The lowest BCUT2D eigenvalue weighted by Crippen LogP contribution is -2.04. The third-order valence-electron chi connectivity index (χ3n) is 2.37. The second-order valence-electron chi connectivity index (χ2n) is 3.20. The van der Waals surface area contributed by atoms with E-state index in [4.69, 9.17) is 0 Å². The summed E-state index contributed by atoms with van der Waals surface area (Å²) in [5.41, 5.74) is 4.38. The molecule has 66 valence electrons. The molecule has 1 heteroatoms. The summed E-state index contributed by atoms with van der Waals surface area (Å²) in [6.07, 6.45) is 1.16. The molecule has 0 bridgehead atoms. The van der Waals surface area contributed by atoms with E-state index in [0.717, 1.165) is 15.0 Å². The molecule has 1 rings (SSSR count). The van der Waals surface area contributed by atoms with Gasteiger partial charge in [-0.3, -0.25) is 0 Å². The Morgan fingerprint density at radius 1 is 1.17 bits per heavy atom. The van der Waals surface area contributed by atoms with Gasteiger partial charge in [0.15, 0.2) is 0 Å². The first kappa shape index (κ1) is 9.74. The Morgan fingerprint density at radius 3 is 2.25 bits per heavy atom. The van der Waals surface area contributed by atoms with Gasteiger partial charge < -0.3 is 0 Å². The van der Waals surface area contributed by atoms with Crippen molar-refractivity contribution in [1.29, 1.82) is 0 Å². The molecular weight excluding hydrogens is 163 g/mol. The van der Waals surface area contributed by atoms with Gasteiger partial charge in [0.05, 0.1) is 0 Å². The van der Waals surface area contributed by atoms with Crippen LogP contribution in [-0.4, -0.2) is 6.66 Å². The molecule has 0 nitrogen and oxygen atoms in total. The highest BCUT2D eigenvalue weighted by Crippen LogP contribution is 2.15. The molecule has 0 aliphatic carbocycles. The van der Waals surface area contributed by atoms with Gasteiger partial charge in [0, 0.05) is 0 Å². The molecule has 0 fully saturated rings. The number of hydrogen-bond donors (Lipinski definition) is 0. The molecule has 0 radical (unpaired) electrons. The fourth-order valence-corrected chi connectivity index (χ4v) is 2.33. The minimum Gasteiger partial charge on any atom is -0.0933 e. The number of hydrogen-bond acceptors (Lipinski definition) is 0. The summed E-state index contributed by atoms with van der Waals surface area (Å²) in [7, 11) is 0.928. The Balaban J connectivity index is 3.19. The summed E-state index contributed by atoms with van der Waals surface area (Å²) in [6.45, 7) is 8.87. The van der Waals surface area contributed by atoms with E-state index in [0.29, 0.717) is 0 Å². The van der Waals surface area contributed by atoms with Crippen molar-refractivity contribution in [3.05, 3.63) is 28.8 Å². The number of benzene rings is 1. The minimum absolute atomic E-state index is 0.928. The summed E-state index contributed by atoms with van der Waals surface area (Å²) < 4.78 is 0. The van der Waals surface area contributed by atoms with Crippen molar-refractivity contribution in [1.82, 2.24) is 0 Å². The van der Waals surface area contributed by atoms with Crippen molar-refractivity contribution < 1.29 is 0 Å². The maximum Gasteiger partial charge on any atom is -0.0240 e. The van der Waals surface area contributed by atoms with Crippen LogP contribution >= 0.6 is 8.58 Å². The van der Waals surface area contributed by atoms with E-state index in [2.05, 4.69) is 39.6 Å². The van der Waals surface area contributed by atoms with Crippen molar-refractivity contribution in [2.75, 3.05) is 6.66 Å². The molecular formula is C11H17P. The standard InChI is InChI=1S/C11H17P/c1-5-10-6-8(2)9(3)7-11(10)12-4/h6-7,12H,5H2,1-4H3. The van der Waals surface area contributed by atoms with Crippen LogP contribution in [0.15, 0.2) is 12.1 Å². The quantitative estimate of drug-likeness (QED) is 0.614. The van der Waals surface area contributed by atoms with Crippen LogP contribution in [0.3, 0.4) is 0 Å². The van der Waals surface area contributed by atoms with Crippen LogP contribution in [0.2, 0.25) is 0 Å². The van der Waals surface area contributed by atoms with E-state index >= 15 is 0 Å². The van der Waals surface area contributed by atoms with Crippen molar-refractivity contribution in [3.63, 3.8) is 0 Å². The fourth-order valence-electron chi connectivity index (χ4n) is 1.40. The Kier molecular flexibility index (Phi) is 3.29. The van der Waals surface area contributed by atoms with Crippen LogP contribution in [0, 0.1) is 13.8 Å². The predicted molar refractivity (Wildman–Crippen MR) is 59.2 cm³/mol. The molecule has 1 aromatic carbocycles. The van der Waals surface area contributed by atoms with Gasteiger partial charge in [-0.25, -0.2) is 0 Å². The second kappa shape index (κ2) is 4.05. The summed E-state index contributed by atoms with van der Waals surface area (Å²) in [5.74, 6) is 0. The fraction of sp³-hybridized carbons (Fsp3) is 0.455. The molecule has 1 atom stereocenters. The van der Waals surface area contributed by atoms with Crippen LogP contribution in [0.4, 0.5) is 0 Å². The molecule has 0 aromatic heterocycles. The molecule has 0 aliphatic rings. The van der Waals surface area contributed by atoms with E-state index in [1.165, 1.54) is 16.7 Å². The van der Waals surface area contributed by atoms with Gasteiger partial charge in [0.25, 0.3) is 0 Å². The van der Waals surface area contributed by atoms with Crippen molar-refractivity contribution in [2.45, 2.75) is 27.2 Å². The van der Waals surface area contributed by atoms with Gasteiger partial charge in [-0.1, -0.05) is 27.6 Å². The molecule has 1 aromatic rings. The highest BCUT2D eigenvalue weighted by atomic mass is 31.1.